The molecule has 0 aliphatic heterocycles. The van der Waals surface area contributed by atoms with Crippen molar-refractivity contribution in [1.82, 2.24) is 4.57 Å². The SMILES string of the molecule is CC(C)C[C@H](N)C(=O)n1cc(C[C@H](N)C(=O)O)c2ccccc21. The van der Waals surface area contributed by atoms with Crippen LogP contribution in [0, 0.1) is 5.92 Å². The maximum atomic E-state index is 12.6. The molecule has 6 heteroatoms. The lowest BCUT2D eigenvalue weighted by molar-refractivity contribution is -0.138. The van der Waals surface area contributed by atoms with Crippen LogP contribution >= 0.6 is 0 Å². The fourth-order valence-corrected chi connectivity index (χ4v) is 2.71. The zero-order valence-electron chi connectivity index (χ0n) is 13.4. The Balaban J connectivity index is 2.41. The number of carbonyl (C=O) groups excluding carboxylic acids is 1. The van der Waals surface area contributed by atoms with Gasteiger partial charge in [0, 0.05) is 18.0 Å². The molecule has 2 atom stereocenters. The number of hydrogen-bond acceptors (Lipinski definition) is 4. The predicted molar refractivity (Wildman–Crippen MR) is 89.3 cm³/mol. The van der Waals surface area contributed by atoms with Crippen LogP contribution in [0.5, 0.6) is 0 Å². The number of carboxylic acid groups (broad SMARTS) is 1. The second-order valence-corrected chi connectivity index (χ2v) is 6.26. The van der Waals surface area contributed by atoms with Crippen LogP contribution in [0.1, 0.15) is 30.6 Å². The van der Waals surface area contributed by atoms with Gasteiger partial charge in [0.15, 0.2) is 0 Å². The smallest absolute Gasteiger partial charge is 0.320 e. The predicted octanol–water partition coefficient (Wildman–Crippen LogP) is 1.61. The highest BCUT2D eigenvalue weighted by Gasteiger charge is 2.22. The maximum Gasteiger partial charge on any atom is 0.320 e. The van der Waals surface area contributed by atoms with E-state index in [0.29, 0.717) is 12.3 Å². The summed E-state index contributed by atoms with van der Waals surface area (Å²) in [5, 5.41) is 9.83. The summed E-state index contributed by atoms with van der Waals surface area (Å²) in [6, 6.07) is 5.77. The molecule has 0 amide bonds. The first-order chi connectivity index (χ1) is 10.8. The van der Waals surface area contributed by atoms with Crippen molar-refractivity contribution >= 4 is 22.8 Å². The number of aromatic nitrogens is 1. The Labute approximate surface area is 135 Å². The molecule has 0 fully saturated rings. The summed E-state index contributed by atoms with van der Waals surface area (Å²) < 4.78 is 1.52. The Hall–Kier alpha value is -2.18. The van der Waals surface area contributed by atoms with Gasteiger partial charge in [0.2, 0.25) is 5.91 Å². The highest BCUT2D eigenvalue weighted by Crippen LogP contribution is 2.23. The van der Waals surface area contributed by atoms with Gasteiger partial charge in [-0.1, -0.05) is 32.0 Å². The van der Waals surface area contributed by atoms with Crippen LogP contribution in [-0.4, -0.2) is 33.6 Å². The summed E-state index contributed by atoms with van der Waals surface area (Å²) in [6.45, 7) is 4.02. The second-order valence-electron chi connectivity index (χ2n) is 6.26. The van der Waals surface area contributed by atoms with E-state index in [1.54, 1.807) is 6.20 Å². The molecule has 124 valence electrons. The molecule has 1 heterocycles. The molecule has 2 aromatic rings. The molecule has 0 aliphatic rings. The summed E-state index contributed by atoms with van der Waals surface area (Å²) in [5.41, 5.74) is 13.1. The number of fused-ring (bicyclic) bond motifs is 1. The van der Waals surface area contributed by atoms with Crippen LogP contribution < -0.4 is 11.5 Å². The summed E-state index contributed by atoms with van der Waals surface area (Å²) >= 11 is 0. The molecule has 5 N–H and O–H groups in total. The second kappa shape index (κ2) is 6.93. The number of benzene rings is 1. The molecule has 6 nitrogen and oxygen atoms in total. The van der Waals surface area contributed by atoms with Crippen molar-refractivity contribution in [2.24, 2.45) is 17.4 Å². The average molecular weight is 317 g/mol. The lowest BCUT2D eigenvalue weighted by Crippen LogP contribution is -2.35. The van der Waals surface area contributed by atoms with Crippen LogP contribution in [0.3, 0.4) is 0 Å². The molecule has 1 aromatic carbocycles. The van der Waals surface area contributed by atoms with Crippen molar-refractivity contribution in [3.8, 4) is 0 Å². The number of hydrogen-bond donors (Lipinski definition) is 3. The lowest BCUT2D eigenvalue weighted by Gasteiger charge is -2.14. The van der Waals surface area contributed by atoms with E-state index < -0.39 is 18.1 Å². The standard InChI is InChI=1S/C17H23N3O3/c1-10(2)7-13(18)16(21)20-9-11(8-14(19)17(22)23)12-5-3-4-6-15(12)20/h3-6,9-10,13-14H,7-8,18-19H2,1-2H3,(H,22,23)/t13-,14-/m0/s1. The Morgan fingerprint density at radius 2 is 1.83 bits per heavy atom. The van der Waals surface area contributed by atoms with Gasteiger partial charge in [-0.05, 0) is 24.0 Å². The third-order valence-electron chi connectivity index (χ3n) is 3.83. The van der Waals surface area contributed by atoms with Gasteiger partial charge in [-0.3, -0.25) is 14.2 Å². The summed E-state index contributed by atoms with van der Waals surface area (Å²) in [6.07, 6.45) is 2.42. The van der Waals surface area contributed by atoms with Crippen molar-refractivity contribution in [3.05, 3.63) is 36.0 Å². The van der Waals surface area contributed by atoms with E-state index in [0.717, 1.165) is 16.5 Å². The summed E-state index contributed by atoms with van der Waals surface area (Å²) in [4.78, 5) is 23.6. The Morgan fingerprint density at radius 3 is 2.43 bits per heavy atom. The molecule has 1 aromatic heterocycles. The summed E-state index contributed by atoms with van der Waals surface area (Å²) in [5.74, 6) is -0.939. The van der Waals surface area contributed by atoms with E-state index in [9.17, 15) is 9.59 Å². The average Bonchev–Trinajstić information content (AvgIpc) is 2.84. The maximum absolute atomic E-state index is 12.6. The molecule has 0 bridgehead atoms. The van der Waals surface area contributed by atoms with Gasteiger partial charge in [-0.15, -0.1) is 0 Å². The van der Waals surface area contributed by atoms with Crippen LogP contribution in [0.15, 0.2) is 30.5 Å². The quantitative estimate of drug-likeness (QED) is 0.749. The number of carboxylic acids is 1. The molecule has 0 saturated heterocycles. The molecule has 2 rings (SSSR count). The minimum atomic E-state index is -1.07. The third-order valence-corrected chi connectivity index (χ3v) is 3.83. The highest BCUT2D eigenvalue weighted by molar-refractivity contribution is 5.96. The third kappa shape index (κ3) is 3.78. The minimum Gasteiger partial charge on any atom is -0.480 e. The summed E-state index contributed by atoms with van der Waals surface area (Å²) in [7, 11) is 0. The fraction of sp³-hybridized carbons (Fsp3) is 0.412. The normalized spacial score (nSPS) is 14.1. The van der Waals surface area contributed by atoms with Gasteiger partial charge < -0.3 is 16.6 Å². The van der Waals surface area contributed by atoms with Crippen molar-refractivity contribution in [1.29, 1.82) is 0 Å². The van der Waals surface area contributed by atoms with E-state index in [1.165, 1.54) is 4.57 Å². The number of carbonyl (C=O) groups is 2. The first-order valence-electron chi connectivity index (χ1n) is 7.68. The number of rotatable bonds is 6. The molecule has 23 heavy (non-hydrogen) atoms. The van der Waals surface area contributed by atoms with Crippen LogP contribution in [-0.2, 0) is 11.2 Å². The van der Waals surface area contributed by atoms with Crippen LogP contribution in [0.25, 0.3) is 10.9 Å². The monoisotopic (exact) mass is 317 g/mol. The lowest BCUT2D eigenvalue weighted by atomic mass is 10.0. The van der Waals surface area contributed by atoms with Gasteiger partial charge in [0.1, 0.15) is 6.04 Å². The first-order valence-corrected chi connectivity index (χ1v) is 7.68. The fourth-order valence-electron chi connectivity index (χ4n) is 2.71. The van der Waals surface area contributed by atoms with Crippen molar-refractivity contribution in [2.75, 3.05) is 0 Å². The highest BCUT2D eigenvalue weighted by atomic mass is 16.4. The van der Waals surface area contributed by atoms with E-state index in [2.05, 4.69) is 0 Å². The molecule has 0 aliphatic carbocycles. The molecular formula is C17H23N3O3. The molecule has 0 unspecified atom stereocenters. The number of nitrogens with zero attached hydrogens (tertiary/aromatic N) is 1. The van der Waals surface area contributed by atoms with Crippen molar-refractivity contribution < 1.29 is 14.7 Å². The van der Waals surface area contributed by atoms with Crippen molar-refractivity contribution in [3.63, 3.8) is 0 Å². The molecule has 0 saturated carbocycles. The zero-order chi connectivity index (χ0) is 17.1. The van der Waals surface area contributed by atoms with Gasteiger partial charge >= 0.3 is 5.97 Å². The van der Waals surface area contributed by atoms with Gasteiger partial charge in [0.05, 0.1) is 11.6 Å². The van der Waals surface area contributed by atoms with Gasteiger partial charge in [0.25, 0.3) is 0 Å². The molecule has 0 radical (unpaired) electrons. The Bertz CT molecular complexity index is 721. The number of aliphatic carboxylic acids is 1. The van der Waals surface area contributed by atoms with Gasteiger partial charge in [-0.25, -0.2) is 0 Å². The largest absolute Gasteiger partial charge is 0.480 e. The Morgan fingerprint density at radius 1 is 1.17 bits per heavy atom. The van der Waals surface area contributed by atoms with Crippen LogP contribution in [0.2, 0.25) is 0 Å². The first kappa shape index (κ1) is 17.2. The molecular weight excluding hydrogens is 294 g/mol. The molecule has 0 spiro atoms. The van der Waals surface area contributed by atoms with Gasteiger partial charge in [-0.2, -0.15) is 0 Å². The number of para-hydroxylation sites is 1. The van der Waals surface area contributed by atoms with E-state index in [4.69, 9.17) is 16.6 Å². The zero-order valence-corrected chi connectivity index (χ0v) is 13.4. The van der Waals surface area contributed by atoms with E-state index >= 15 is 0 Å². The van der Waals surface area contributed by atoms with Crippen molar-refractivity contribution in [2.45, 2.75) is 38.8 Å². The van der Waals surface area contributed by atoms with Crippen LogP contribution in [0.4, 0.5) is 0 Å². The van der Waals surface area contributed by atoms with E-state index in [1.807, 2.05) is 38.1 Å². The minimum absolute atomic E-state index is 0.162. The Kier molecular flexibility index (Phi) is 5.18. The number of nitrogens with two attached hydrogens (primary N) is 2. The topological polar surface area (TPSA) is 111 Å². The van der Waals surface area contributed by atoms with E-state index in [-0.39, 0.29) is 12.3 Å².